The first-order valence-electron chi connectivity index (χ1n) is 12.8. The third-order valence-corrected chi connectivity index (χ3v) is 11.7. The first kappa shape index (κ1) is 20.6. The summed E-state index contributed by atoms with van der Waals surface area (Å²) >= 11 is 0. The molecular weight excluding hydrogens is 354 g/mol. The summed E-state index contributed by atoms with van der Waals surface area (Å²) in [6, 6.07) is 0. The highest BCUT2D eigenvalue weighted by atomic mass is 16.3. The van der Waals surface area contributed by atoms with Gasteiger partial charge in [-0.15, -0.1) is 0 Å². The predicted molar refractivity (Wildman–Crippen MR) is 120 cm³/mol. The van der Waals surface area contributed by atoms with E-state index in [1.807, 2.05) is 5.57 Å². The number of nitrogens with two attached hydrogens (primary N) is 1. The lowest BCUT2D eigenvalue weighted by Gasteiger charge is -2.66. The van der Waals surface area contributed by atoms with E-state index in [4.69, 9.17) is 5.73 Å². The van der Waals surface area contributed by atoms with Crippen LogP contribution in [0.15, 0.2) is 11.6 Å². The smallest absolute Gasteiger partial charge is 0.0568 e. The number of rotatable bonds is 1. The molecule has 0 aromatic heterocycles. The Labute approximate surface area is 179 Å². The Morgan fingerprint density at radius 3 is 2.45 bits per heavy atom. The van der Waals surface area contributed by atoms with Gasteiger partial charge in [-0.1, -0.05) is 45.8 Å². The minimum absolute atomic E-state index is 0.0734. The molecule has 10 unspecified atom stereocenters. The molecule has 0 amide bonds. The zero-order chi connectivity index (χ0) is 20.6. The molecule has 0 aromatic rings. The van der Waals surface area contributed by atoms with Gasteiger partial charge in [0.1, 0.15) is 0 Å². The molecule has 29 heavy (non-hydrogen) atoms. The second-order valence-electron chi connectivity index (χ2n) is 12.7. The van der Waals surface area contributed by atoms with Crippen LogP contribution in [-0.4, -0.2) is 17.8 Å². The number of hydrogen-bond acceptors (Lipinski definition) is 2. The fourth-order valence-corrected chi connectivity index (χ4v) is 9.85. The molecular formula is C27H45NO. The lowest BCUT2D eigenvalue weighted by atomic mass is 9.39. The maximum atomic E-state index is 10.6. The van der Waals surface area contributed by atoms with Gasteiger partial charge in [0.25, 0.3) is 0 Å². The summed E-state index contributed by atoms with van der Waals surface area (Å²) in [7, 11) is 0. The van der Waals surface area contributed by atoms with Crippen molar-refractivity contribution in [2.75, 3.05) is 6.54 Å². The standard InChI is InChI=1S/C27H45NO/c1-17-7-13-27(16-28)14-9-21-19(22(27)15-17)5-6-24-25(3)12-10-23(29)18(2)20(25)8-11-26(21,24)4/h5,17-18,20-24,29H,6-16,28H2,1-4H3. The SMILES string of the molecule is CC1CCC2(CN)CCC3C(=CCC4C3(C)CCC3C(C)C(O)CCC34C)C2C1. The molecule has 0 saturated heterocycles. The number of allylic oxidation sites excluding steroid dienone is 2. The Morgan fingerprint density at radius 2 is 1.69 bits per heavy atom. The third-order valence-electron chi connectivity index (χ3n) is 11.7. The molecule has 2 nitrogen and oxygen atoms in total. The highest BCUT2D eigenvalue weighted by Gasteiger charge is 2.62. The minimum atomic E-state index is -0.0734. The van der Waals surface area contributed by atoms with Gasteiger partial charge in [0, 0.05) is 0 Å². The van der Waals surface area contributed by atoms with Crippen LogP contribution >= 0.6 is 0 Å². The quantitative estimate of drug-likeness (QED) is 0.536. The summed E-state index contributed by atoms with van der Waals surface area (Å²) in [4.78, 5) is 0. The van der Waals surface area contributed by atoms with Crippen molar-refractivity contribution in [2.24, 2.45) is 57.5 Å². The van der Waals surface area contributed by atoms with Crippen molar-refractivity contribution in [2.45, 2.75) is 98.0 Å². The average Bonchev–Trinajstić information content (AvgIpc) is 2.71. The van der Waals surface area contributed by atoms with Crippen molar-refractivity contribution < 1.29 is 5.11 Å². The molecule has 0 bridgehead atoms. The third kappa shape index (κ3) is 2.73. The van der Waals surface area contributed by atoms with Crippen LogP contribution in [0.5, 0.6) is 0 Å². The van der Waals surface area contributed by atoms with Crippen molar-refractivity contribution in [3.63, 3.8) is 0 Å². The average molecular weight is 400 g/mol. The molecule has 0 spiro atoms. The van der Waals surface area contributed by atoms with E-state index in [9.17, 15) is 5.11 Å². The molecule has 0 radical (unpaired) electrons. The van der Waals surface area contributed by atoms with E-state index in [-0.39, 0.29) is 6.10 Å². The first-order chi connectivity index (χ1) is 13.7. The number of aliphatic hydroxyl groups excluding tert-OH is 1. The Kier molecular flexibility index (Phi) is 4.84. The minimum Gasteiger partial charge on any atom is -0.393 e. The molecule has 3 N–H and O–H groups in total. The van der Waals surface area contributed by atoms with Gasteiger partial charge < -0.3 is 10.8 Å². The van der Waals surface area contributed by atoms with E-state index in [0.717, 1.165) is 36.6 Å². The van der Waals surface area contributed by atoms with Crippen LogP contribution in [0, 0.1) is 51.8 Å². The molecule has 10 atom stereocenters. The van der Waals surface area contributed by atoms with Crippen molar-refractivity contribution in [3.05, 3.63) is 11.6 Å². The van der Waals surface area contributed by atoms with Gasteiger partial charge in [-0.2, -0.15) is 0 Å². The molecule has 4 saturated carbocycles. The topological polar surface area (TPSA) is 46.2 Å². The van der Waals surface area contributed by atoms with Gasteiger partial charge in [-0.05, 0) is 116 Å². The molecule has 0 heterocycles. The van der Waals surface area contributed by atoms with Crippen molar-refractivity contribution in [1.82, 2.24) is 0 Å². The highest BCUT2D eigenvalue weighted by molar-refractivity contribution is 5.28. The molecule has 4 fully saturated rings. The van der Waals surface area contributed by atoms with Crippen LogP contribution in [0.4, 0.5) is 0 Å². The second-order valence-corrected chi connectivity index (χ2v) is 12.7. The fourth-order valence-electron chi connectivity index (χ4n) is 9.85. The summed E-state index contributed by atoms with van der Waals surface area (Å²) in [5.74, 6) is 4.38. The first-order valence-corrected chi connectivity index (χ1v) is 12.8. The monoisotopic (exact) mass is 399 g/mol. The Bertz CT molecular complexity index is 686. The van der Waals surface area contributed by atoms with Crippen LogP contribution in [0.3, 0.4) is 0 Å². The normalized spacial score (nSPS) is 57.0. The molecule has 0 aliphatic heterocycles. The number of fused-ring (bicyclic) bond motifs is 7. The summed E-state index contributed by atoms with van der Waals surface area (Å²) in [5.41, 5.74) is 9.59. The Balaban J connectivity index is 1.51. The zero-order valence-corrected chi connectivity index (χ0v) is 19.4. The summed E-state index contributed by atoms with van der Waals surface area (Å²) < 4.78 is 0. The van der Waals surface area contributed by atoms with E-state index in [0.29, 0.717) is 28.1 Å². The molecule has 2 heteroatoms. The maximum absolute atomic E-state index is 10.6. The summed E-state index contributed by atoms with van der Waals surface area (Å²) in [6.07, 6.45) is 15.7. The van der Waals surface area contributed by atoms with Crippen molar-refractivity contribution in [1.29, 1.82) is 0 Å². The van der Waals surface area contributed by atoms with Gasteiger partial charge in [0.2, 0.25) is 0 Å². The highest BCUT2D eigenvalue weighted by Crippen LogP contribution is 2.70. The van der Waals surface area contributed by atoms with Crippen LogP contribution in [0.25, 0.3) is 0 Å². The van der Waals surface area contributed by atoms with Crippen molar-refractivity contribution >= 4 is 0 Å². The van der Waals surface area contributed by atoms with E-state index in [2.05, 4.69) is 33.8 Å². The Morgan fingerprint density at radius 1 is 0.966 bits per heavy atom. The van der Waals surface area contributed by atoms with Gasteiger partial charge in [0.15, 0.2) is 0 Å². The van der Waals surface area contributed by atoms with E-state index < -0.39 is 0 Å². The summed E-state index contributed by atoms with van der Waals surface area (Å²) in [5, 5.41) is 10.6. The van der Waals surface area contributed by atoms with Crippen LogP contribution in [-0.2, 0) is 0 Å². The molecule has 0 aromatic carbocycles. The van der Waals surface area contributed by atoms with Crippen molar-refractivity contribution in [3.8, 4) is 0 Å². The lowest BCUT2D eigenvalue weighted by molar-refractivity contribution is -0.155. The van der Waals surface area contributed by atoms with Crippen LogP contribution < -0.4 is 5.73 Å². The summed E-state index contributed by atoms with van der Waals surface area (Å²) in [6.45, 7) is 11.0. The fraction of sp³-hybridized carbons (Fsp3) is 0.926. The van der Waals surface area contributed by atoms with Gasteiger partial charge in [-0.25, -0.2) is 0 Å². The predicted octanol–water partition coefficient (Wildman–Crippen LogP) is 5.94. The number of hydrogen-bond donors (Lipinski definition) is 2. The largest absolute Gasteiger partial charge is 0.393 e. The maximum Gasteiger partial charge on any atom is 0.0568 e. The van der Waals surface area contributed by atoms with E-state index >= 15 is 0 Å². The van der Waals surface area contributed by atoms with Crippen LogP contribution in [0.2, 0.25) is 0 Å². The molecule has 5 rings (SSSR count). The van der Waals surface area contributed by atoms with E-state index in [1.54, 1.807) is 0 Å². The van der Waals surface area contributed by atoms with E-state index in [1.165, 1.54) is 57.8 Å². The molecule has 5 aliphatic carbocycles. The lowest BCUT2D eigenvalue weighted by Crippen LogP contribution is -2.60. The number of aliphatic hydroxyl groups is 1. The second kappa shape index (κ2) is 6.83. The van der Waals surface area contributed by atoms with Crippen LogP contribution in [0.1, 0.15) is 91.9 Å². The molecule has 164 valence electrons. The Hall–Kier alpha value is -0.340. The molecule has 5 aliphatic rings. The van der Waals surface area contributed by atoms with Gasteiger partial charge in [0.05, 0.1) is 6.10 Å². The van der Waals surface area contributed by atoms with Gasteiger partial charge >= 0.3 is 0 Å². The zero-order valence-electron chi connectivity index (χ0n) is 19.4. The van der Waals surface area contributed by atoms with Gasteiger partial charge in [-0.3, -0.25) is 0 Å².